The van der Waals surface area contributed by atoms with Crippen molar-refractivity contribution in [1.29, 1.82) is 0 Å². The SMILES string of the molecule is CCN(CC(=O)Nc1ccc(OC)cc1)CC(=O)N1CCOC(C)C1. The zero-order valence-electron chi connectivity index (χ0n) is 15.2. The Bertz CT molecular complexity index is 576. The molecule has 1 aromatic rings. The monoisotopic (exact) mass is 349 g/mol. The summed E-state index contributed by atoms with van der Waals surface area (Å²) in [6, 6.07) is 7.15. The maximum absolute atomic E-state index is 12.4. The molecule has 0 aliphatic carbocycles. The molecular weight excluding hydrogens is 322 g/mol. The lowest BCUT2D eigenvalue weighted by molar-refractivity contribution is -0.139. The predicted octanol–water partition coefficient (Wildman–Crippen LogP) is 1.20. The second-order valence-corrected chi connectivity index (χ2v) is 6.10. The molecule has 2 rings (SSSR count). The number of nitrogens with zero attached hydrogens (tertiary/aromatic N) is 2. The predicted molar refractivity (Wildman–Crippen MR) is 95.7 cm³/mol. The van der Waals surface area contributed by atoms with Gasteiger partial charge in [-0.05, 0) is 37.7 Å². The van der Waals surface area contributed by atoms with Gasteiger partial charge in [-0.25, -0.2) is 0 Å². The van der Waals surface area contributed by atoms with Crippen LogP contribution in [0.5, 0.6) is 5.75 Å². The van der Waals surface area contributed by atoms with Crippen LogP contribution in [0.1, 0.15) is 13.8 Å². The van der Waals surface area contributed by atoms with Crippen molar-refractivity contribution in [1.82, 2.24) is 9.80 Å². The number of rotatable bonds is 7. The quantitative estimate of drug-likeness (QED) is 0.801. The van der Waals surface area contributed by atoms with Crippen LogP contribution in [0, 0.1) is 0 Å². The van der Waals surface area contributed by atoms with Crippen LogP contribution in [0.15, 0.2) is 24.3 Å². The zero-order chi connectivity index (χ0) is 18.2. The maximum atomic E-state index is 12.4. The number of morpholine rings is 1. The highest BCUT2D eigenvalue weighted by Crippen LogP contribution is 2.15. The molecule has 0 saturated carbocycles. The molecule has 1 heterocycles. The van der Waals surface area contributed by atoms with E-state index in [1.165, 1.54) is 0 Å². The molecule has 7 nitrogen and oxygen atoms in total. The van der Waals surface area contributed by atoms with Crippen molar-refractivity contribution < 1.29 is 19.1 Å². The number of carbonyl (C=O) groups is 2. The molecule has 1 unspecified atom stereocenters. The van der Waals surface area contributed by atoms with E-state index in [1.807, 2.05) is 18.7 Å². The molecule has 1 saturated heterocycles. The third-order valence-corrected chi connectivity index (χ3v) is 4.14. The van der Waals surface area contributed by atoms with Gasteiger partial charge in [0.15, 0.2) is 0 Å². The first-order chi connectivity index (χ1) is 12.0. The van der Waals surface area contributed by atoms with Crippen molar-refractivity contribution in [3.05, 3.63) is 24.3 Å². The van der Waals surface area contributed by atoms with E-state index in [1.54, 1.807) is 36.3 Å². The Balaban J connectivity index is 1.83. The number of methoxy groups -OCH3 is 1. The molecule has 1 aliphatic rings. The molecule has 0 aromatic heterocycles. The summed E-state index contributed by atoms with van der Waals surface area (Å²) in [6.45, 7) is 6.72. The van der Waals surface area contributed by atoms with Crippen molar-refractivity contribution in [2.45, 2.75) is 20.0 Å². The Kier molecular flexibility index (Phi) is 7.21. The van der Waals surface area contributed by atoms with Gasteiger partial charge in [0.25, 0.3) is 0 Å². The van der Waals surface area contributed by atoms with Gasteiger partial charge in [-0.3, -0.25) is 14.5 Å². The van der Waals surface area contributed by atoms with E-state index in [2.05, 4.69) is 5.32 Å². The highest BCUT2D eigenvalue weighted by Gasteiger charge is 2.23. The Morgan fingerprint density at radius 1 is 1.32 bits per heavy atom. The summed E-state index contributed by atoms with van der Waals surface area (Å²) in [5.41, 5.74) is 0.704. The molecule has 1 fully saturated rings. The van der Waals surface area contributed by atoms with E-state index < -0.39 is 0 Å². The number of anilines is 1. The molecule has 7 heteroatoms. The van der Waals surface area contributed by atoms with Gasteiger partial charge >= 0.3 is 0 Å². The van der Waals surface area contributed by atoms with E-state index in [0.29, 0.717) is 31.9 Å². The summed E-state index contributed by atoms with van der Waals surface area (Å²) in [7, 11) is 1.60. The molecule has 1 N–H and O–H groups in total. The standard InChI is InChI=1S/C18H27N3O4/c1-4-20(13-18(23)21-9-10-25-14(2)11-21)12-17(22)19-15-5-7-16(24-3)8-6-15/h5-8,14H,4,9-13H2,1-3H3,(H,19,22). The Morgan fingerprint density at radius 2 is 2.04 bits per heavy atom. The second kappa shape index (κ2) is 9.39. The first-order valence-corrected chi connectivity index (χ1v) is 8.57. The van der Waals surface area contributed by atoms with Crippen molar-refractivity contribution in [3.8, 4) is 5.75 Å². The van der Waals surface area contributed by atoms with Crippen LogP contribution >= 0.6 is 0 Å². The minimum Gasteiger partial charge on any atom is -0.497 e. The average Bonchev–Trinajstić information content (AvgIpc) is 2.61. The van der Waals surface area contributed by atoms with Crippen molar-refractivity contribution in [2.75, 3.05) is 51.8 Å². The average molecular weight is 349 g/mol. The smallest absolute Gasteiger partial charge is 0.238 e. The molecule has 0 spiro atoms. The van der Waals surface area contributed by atoms with Crippen LogP contribution in [0.2, 0.25) is 0 Å². The summed E-state index contributed by atoms with van der Waals surface area (Å²) in [6.07, 6.45) is 0.0612. The third kappa shape index (κ3) is 6.03. The number of nitrogens with one attached hydrogen (secondary N) is 1. The summed E-state index contributed by atoms with van der Waals surface area (Å²) < 4.78 is 10.5. The number of likely N-dealkylation sites (N-methyl/N-ethyl adjacent to an activating group) is 1. The summed E-state index contributed by atoms with van der Waals surface area (Å²) >= 11 is 0. The topological polar surface area (TPSA) is 71.1 Å². The second-order valence-electron chi connectivity index (χ2n) is 6.10. The van der Waals surface area contributed by atoms with Crippen LogP contribution in [-0.4, -0.2) is 74.2 Å². The highest BCUT2D eigenvalue weighted by molar-refractivity contribution is 5.92. The van der Waals surface area contributed by atoms with Crippen LogP contribution in [-0.2, 0) is 14.3 Å². The summed E-state index contributed by atoms with van der Waals surface area (Å²) in [5.74, 6) is 0.628. The summed E-state index contributed by atoms with van der Waals surface area (Å²) in [5, 5.41) is 2.84. The van der Waals surface area contributed by atoms with Gasteiger partial charge in [0.05, 0.1) is 32.9 Å². The summed E-state index contributed by atoms with van der Waals surface area (Å²) in [4.78, 5) is 28.3. The van der Waals surface area contributed by atoms with E-state index in [0.717, 1.165) is 5.75 Å². The van der Waals surface area contributed by atoms with E-state index in [4.69, 9.17) is 9.47 Å². The van der Waals surface area contributed by atoms with Gasteiger partial charge in [0.2, 0.25) is 11.8 Å². The van der Waals surface area contributed by atoms with E-state index in [9.17, 15) is 9.59 Å². The first-order valence-electron chi connectivity index (χ1n) is 8.57. The van der Waals surface area contributed by atoms with Gasteiger partial charge in [0.1, 0.15) is 5.75 Å². The fourth-order valence-corrected chi connectivity index (χ4v) is 2.69. The van der Waals surface area contributed by atoms with Crippen molar-refractivity contribution in [2.24, 2.45) is 0 Å². The minimum absolute atomic E-state index is 0.0363. The van der Waals surface area contributed by atoms with Crippen molar-refractivity contribution in [3.63, 3.8) is 0 Å². The van der Waals surface area contributed by atoms with E-state index >= 15 is 0 Å². The molecule has 0 bridgehead atoms. The van der Waals surface area contributed by atoms with E-state index in [-0.39, 0.29) is 31.0 Å². The largest absolute Gasteiger partial charge is 0.497 e. The molecule has 1 aromatic carbocycles. The van der Waals surface area contributed by atoms with Crippen LogP contribution < -0.4 is 10.1 Å². The molecular formula is C18H27N3O4. The van der Waals surface area contributed by atoms with Gasteiger partial charge in [0, 0.05) is 18.8 Å². The number of carbonyl (C=O) groups excluding carboxylic acids is 2. The van der Waals surface area contributed by atoms with Gasteiger partial charge in [-0.15, -0.1) is 0 Å². The fraction of sp³-hybridized carbons (Fsp3) is 0.556. The number of hydrogen-bond acceptors (Lipinski definition) is 5. The fourth-order valence-electron chi connectivity index (χ4n) is 2.69. The normalized spacial score (nSPS) is 17.4. The van der Waals surface area contributed by atoms with Gasteiger partial charge in [-0.2, -0.15) is 0 Å². The maximum Gasteiger partial charge on any atom is 0.238 e. The van der Waals surface area contributed by atoms with Crippen LogP contribution in [0.25, 0.3) is 0 Å². The Hall–Kier alpha value is -2.12. The lowest BCUT2D eigenvalue weighted by atomic mass is 10.3. The number of ether oxygens (including phenoxy) is 2. The molecule has 25 heavy (non-hydrogen) atoms. The molecule has 1 aliphatic heterocycles. The van der Waals surface area contributed by atoms with Gasteiger partial charge in [-0.1, -0.05) is 6.92 Å². The van der Waals surface area contributed by atoms with Crippen LogP contribution in [0.3, 0.4) is 0 Å². The number of hydrogen-bond donors (Lipinski definition) is 1. The lowest BCUT2D eigenvalue weighted by Gasteiger charge is -2.32. The minimum atomic E-state index is -0.143. The molecule has 0 radical (unpaired) electrons. The lowest BCUT2D eigenvalue weighted by Crippen LogP contribution is -2.49. The molecule has 138 valence electrons. The zero-order valence-corrected chi connectivity index (χ0v) is 15.2. The van der Waals surface area contributed by atoms with Crippen LogP contribution in [0.4, 0.5) is 5.69 Å². The Morgan fingerprint density at radius 3 is 2.64 bits per heavy atom. The number of amides is 2. The number of benzene rings is 1. The Labute approximate surface area is 148 Å². The highest BCUT2D eigenvalue weighted by atomic mass is 16.5. The third-order valence-electron chi connectivity index (χ3n) is 4.14. The van der Waals surface area contributed by atoms with Crippen molar-refractivity contribution >= 4 is 17.5 Å². The molecule has 1 atom stereocenters. The molecule has 2 amide bonds. The van der Waals surface area contributed by atoms with Gasteiger partial charge < -0.3 is 19.7 Å². The first kappa shape index (κ1) is 19.2.